The van der Waals surface area contributed by atoms with Crippen LogP contribution in [-0.4, -0.2) is 27.9 Å². The molecule has 2 heterocycles. The van der Waals surface area contributed by atoms with Gasteiger partial charge in [0, 0.05) is 11.9 Å². The number of amides is 2. The standard InChI is InChI=1S/C7H10N2O.C7H12N2/c1-5(2)3-6-4-8-7(10)9-6;1-6(2)3-7-4-8-5-9-7/h4-5H,3H2,1-2H3;4-6H,3H2,1-2H3,(H,8,9). The average Bonchev–Trinajstić information content (AvgIpc) is 2.90. The van der Waals surface area contributed by atoms with Gasteiger partial charge < -0.3 is 4.98 Å². The molecule has 0 unspecified atom stereocenters. The lowest BCUT2D eigenvalue weighted by Crippen LogP contribution is -2.01. The van der Waals surface area contributed by atoms with Crippen molar-refractivity contribution in [2.24, 2.45) is 21.8 Å². The van der Waals surface area contributed by atoms with Crippen LogP contribution in [-0.2, 0) is 6.42 Å². The summed E-state index contributed by atoms with van der Waals surface area (Å²) >= 11 is 0. The van der Waals surface area contributed by atoms with Crippen LogP contribution >= 0.6 is 0 Å². The van der Waals surface area contributed by atoms with E-state index in [1.54, 1.807) is 12.5 Å². The molecule has 0 saturated heterocycles. The third kappa shape index (κ3) is 6.64. The van der Waals surface area contributed by atoms with E-state index in [1.807, 2.05) is 6.20 Å². The Morgan fingerprint density at radius 2 is 1.84 bits per heavy atom. The van der Waals surface area contributed by atoms with Crippen LogP contribution < -0.4 is 0 Å². The van der Waals surface area contributed by atoms with Gasteiger partial charge in [-0.05, 0) is 24.7 Å². The third-order valence-corrected chi connectivity index (χ3v) is 2.36. The van der Waals surface area contributed by atoms with Gasteiger partial charge >= 0.3 is 6.03 Å². The van der Waals surface area contributed by atoms with Crippen molar-refractivity contribution in [3.8, 4) is 0 Å². The smallest absolute Gasteiger partial charge is 0.348 e. The van der Waals surface area contributed by atoms with Crippen molar-refractivity contribution in [2.45, 2.75) is 40.5 Å². The number of aromatic amines is 1. The van der Waals surface area contributed by atoms with E-state index in [2.05, 4.69) is 47.6 Å². The van der Waals surface area contributed by atoms with Gasteiger partial charge in [-0.2, -0.15) is 9.98 Å². The molecule has 2 rings (SSSR count). The van der Waals surface area contributed by atoms with Crippen LogP contribution in [0.1, 0.15) is 39.8 Å². The number of hydrogen-bond acceptors (Lipinski definition) is 2. The predicted molar refractivity (Wildman–Crippen MR) is 77.9 cm³/mol. The molecule has 0 fully saturated rings. The maximum absolute atomic E-state index is 10.4. The van der Waals surface area contributed by atoms with Gasteiger partial charge in [-0.1, -0.05) is 27.7 Å². The van der Waals surface area contributed by atoms with Crippen molar-refractivity contribution < 1.29 is 4.79 Å². The summed E-state index contributed by atoms with van der Waals surface area (Å²) in [5.41, 5.74) is 2.03. The van der Waals surface area contributed by atoms with E-state index in [1.165, 1.54) is 5.69 Å². The van der Waals surface area contributed by atoms with E-state index >= 15 is 0 Å². The lowest BCUT2D eigenvalue weighted by atomic mass is 10.1. The van der Waals surface area contributed by atoms with Crippen LogP contribution in [0.3, 0.4) is 0 Å². The monoisotopic (exact) mass is 262 g/mol. The molecule has 104 valence electrons. The summed E-state index contributed by atoms with van der Waals surface area (Å²) in [6.45, 7) is 8.56. The van der Waals surface area contributed by atoms with E-state index < -0.39 is 0 Å². The summed E-state index contributed by atoms with van der Waals surface area (Å²) in [4.78, 5) is 24.6. The highest BCUT2D eigenvalue weighted by molar-refractivity contribution is 6.37. The topological polar surface area (TPSA) is 70.5 Å². The molecule has 1 aromatic heterocycles. The number of aliphatic imine (C=N–C) groups is 2. The Morgan fingerprint density at radius 1 is 1.16 bits per heavy atom. The molecule has 1 N–H and O–H groups in total. The number of imidazole rings is 1. The summed E-state index contributed by atoms with van der Waals surface area (Å²) in [5.74, 6) is 1.25. The fourth-order valence-corrected chi connectivity index (χ4v) is 1.66. The molecular formula is C14H22N4O. The minimum Gasteiger partial charge on any atom is -0.348 e. The molecule has 0 radical (unpaired) electrons. The molecule has 5 heteroatoms. The number of H-pyrrole nitrogens is 1. The minimum absolute atomic E-state index is 0.365. The van der Waals surface area contributed by atoms with Gasteiger partial charge in [0.05, 0.1) is 18.3 Å². The summed E-state index contributed by atoms with van der Waals surface area (Å²) in [6, 6.07) is -0.365. The predicted octanol–water partition coefficient (Wildman–Crippen LogP) is 3.29. The number of carbonyl (C=O) groups excluding carboxylic acids is 1. The summed E-state index contributed by atoms with van der Waals surface area (Å²) in [5, 5.41) is 0. The highest BCUT2D eigenvalue weighted by Crippen LogP contribution is 2.04. The van der Waals surface area contributed by atoms with Gasteiger partial charge in [-0.3, -0.25) is 0 Å². The third-order valence-electron chi connectivity index (χ3n) is 2.36. The Kier molecular flexibility index (Phi) is 6.12. The van der Waals surface area contributed by atoms with Crippen LogP contribution in [0.2, 0.25) is 0 Å². The molecule has 0 aliphatic carbocycles. The maximum atomic E-state index is 10.4. The number of nitrogens with zero attached hydrogens (tertiary/aromatic N) is 3. The summed E-state index contributed by atoms with van der Waals surface area (Å²) < 4.78 is 0. The molecule has 1 aromatic rings. The average molecular weight is 262 g/mol. The molecule has 19 heavy (non-hydrogen) atoms. The fraction of sp³-hybridized carbons (Fsp3) is 0.571. The van der Waals surface area contributed by atoms with Crippen LogP contribution in [0, 0.1) is 11.8 Å². The lowest BCUT2D eigenvalue weighted by Gasteiger charge is -1.98. The second kappa shape index (κ2) is 7.61. The normalized spacial score (nSPS) is 13.8. The van der Waals surface area contributed by atoms with Crippen molar-refractivity contribution in [3.63, 3.8) is 0 Å². The molecular weight excluding hydrogens is 240 g/mol. The first kappa shape index (κ1) is 15.3. The highest BCUT2D eigenvalue weighted by atomic mass is 16.2. The number of urea groups is 1. The first-order valence-electron chi connectivity index (χ1n) is 6.60. The van der Waals surface area contributed by atoms with Crippen molar-refractivity contribution in [1.82, 2.24) is 9.97 Å². The zero-order valence-corrected chi connectivity index (χ0v) is 12.1. The van der Waals surface area contributed by atoms with Crippen molar-refractivity contribution in [1.29, 1.82) is 0 Å². The zero-order chi connectivity index (χ0) is 14.3. The van der Waals surface area contributed by atoms with Crippen molar-refractivity contribution >= 4 is 18.0 Å². The van der Waals surface area contributed by atoms with Crippen LogP contribution in [0.5, 0.6) is 0 Å². The van der Waals surface area contributed by atoms with E-state index in [0.29, 0.717) is 11.8 Å². The Bertz CT molecular complexity index is 444. The Morgan fingerprint density at radius 3 is 2.26 bits per heavy atom. The zero-order valence-electron chi connectivity index (χ0n) is 12.1. The molecule has 0 saturated carbocycles. The van der Waals surface area contributed by atoms with Crippen LogP contribution in [0.15, 0.2) is 22.5 Å². The molecule has 2 amide bonds. The van der Waals surface area contributed by atoms with Gasteiger partial charge in [0.1, 0.15) is 0 Å². The molecule has 5 nitrogen and oxygen atoms in total. The maximum Gasteiger partial charge on any atom is 0.367 e. The molecule has 1 aliphatic rings. The SMILES string of the molecule is CC(C)CC1=NC(=O)N=C1.CC(C)Cc1cnc[nH]1. The second-order valence-electron chi connectivity index (χ2n) is 5.42. The largest absolute Gasteiger partial charge is 0.367 e. The lowest BCUT2D eigenvalue weighted by molar-refractivity contribution is 0.257. The molecule has 0 bridgehead atoms. The van der Waals surface area contributed by atoms with Gasteiger partial charge in [0.15, 0.2) is 0 Å². The van der Waals surface area contributed by atoms with E-state index in [0.717, 1.165) is 18.6 Å². The summed E-state index contributed by atoms with van der Waals surface area (Å²) in [7, 11) is 0. The highest BCUT2D eigenvalue weighted by Gasteiger charge is 2.08. The van der Waals surface area contributed by atoms with Gasteiger partial charge in [0.25, 0.3) is 0 Å². The minimum atomic E-state index is -0.365. The molecule has 0 spiro atoms. The molecule has 0 atom stereocenters. The summed E-state index contributed by atoms with van der Waals surface area (Å²) in [6.07, 6.45) is 7.08. The Hall–Kier alpha value is -1.78. The number of rotatable bonds is 4. The van der Waals surface area contributed by atoms with Crippen molar-refractivity contribution in [2.75, 3.05) is 0 Å². The second-order valence-corrected chi connectivity index (χ2v) is 5.42. The van der Waals surface area contributed by atoms with E-state index in [9.17, 15) is 4.79 Å². The number of aromatic nitrogens is 2. The first-order valence-corrected chi connectivity index (χ1v) is 6.60. The number of carbonyl (C=O) groups is 1. The van der Waals surface area contributed by atoms with E-state index in [4.69, 9.17) is 0 Å². The molecule has 0 aromatic carbocycles. The molecule has 1 aliphatic heterocycles. The van der Waals surface area contributed by atoms with Gasteiger partial charge in [-0.15, -0.1) is 0 Å². The fourth-order valence-electron chi connectivity index (χ4n) is 1.66. The van der Waals surface area contributed by atoms with E-state index in [-0.39, 0.29) is 6.03 Å². The van der Waals surface area contributed by atoms with Crippen molar-refractivity contribution in [3.05, 3.63) is 18.2 Å². The van der Waals surface area contributed by atoms with Gasteiger partial charge in [-0.25, -0.2) is 9.78 Å². The number of hydrogen-bond donors (Lipinski definition) is 1. The van der Waals surface area contributed by atoms with Crippen LogP contribution in [0.4, 0.5) is 4.79 Å². The Balaban J connectivity index is 0.000000191. The number of nitrogens with one attached hydrogen (secondary N) is 1. The quantitative estimate of drug-likeness (QED) is 0.904. The van der Waals surface area contributed by atoms with Gasteiger partial charge in [0.2, 0.25) is 0 Å². The van der Waals surface area contributed by atoms with Crippen LogP contribution in [0.25, 0.3) is 0 Å². The first-order chi connectivity index (χ1) is 8.97. The Labute approximate surface area is 114 Å².